The molecule has 0 aromatic heterocycles. The monoisotopic (exact) mass is 451 g/mol. The molecule has 1 unspecified atom stereocenters. The van der Waals surface area contributed by atoms with Crippen molar-refractivity contribution in [3.63, 3.8) is 0 Å². The van der Waals surface area contributed by atoms with E-state index in [0.717, 1.165) is 38.6 Å². The highest BCUT2D eigenvalue weighted by Gasteiger charge is 2.29. The van der Waals surface area contributed by atoms with Crippen LogP contribution in [0.1, 0.15) is 44.6 Å². The zero-order chi connectivity index (χ0) is 22.4. The van der Waals surface area contributed by atoms with Crippen LogP contribution in [0, 0.1) is 12.8 Å². The molecule has 0 radical (unpaired) electrons. The van der Waals surface area contributed by atoms with E-state index < -0.39 is 10.0 Å². The summed E-state index contributed by atoms with van der Waals surface area (Å²) >= 11 is 0. The highest BCUT2D eigenvalue weighted by Crippen LogP contribution is 2.26. The minimum Gasteiger partial charge on any atom is -0.466 e. The summed E-state index contributed by atoms with van der Waals surface area (Å²) in [5.74, 6) is -0.643. The first kappa shape index (κ1) is 23.7. The van der Waals surface area contributed by atoms with E-state index in [9.17, 15) is 18.0 Å². The largest absolute Gasteiger partial charge is 0.466 e. The van der Waals surface area contributed by atoms with Crippen LogP contribution in [-0.4, -0.2) is 68.8 Å². The Morgan fingerprint density at radius 3 is 2.58 bits per heavy atom. The van der Waals surface area contributed by atoms with Crippen molar-refractivity contribution in [2.24, 2.45) is 5.92 Å². The van der Waals surface area contributed by atoms with Gasteiger partial charge in [-0.25, -0.2) is 8.42 Å². The third-order valence-electron chi connectivity index (χ3n) is 5.90. The Morgan fingerprint density at radius 1 is 1.13 bits per heavy atom. The molecule has 1 N–H and O–H groups in total. The molecule has 1 amide bonds. The molecule has 2 fully saturated rings. The van der Waals surface area contributed by atoms with E-state index in [1.807, 2.05) is 4.90 Å². The van der Waals surface area contributed by atoms with Crippen LogP contribution >= 0.6 is 0 Å². The molecule has 172 valence electrons. The van der Waals surface area contributed by atoms with E-state index in [1.165, 1.54) is 4.31 Å². The molecule has 1 aromatic rings. The number of hydrogen-bond acceptors (Lipinski definition) is 6. The molecule has 3 rings (SSSR count). The number of sulfonamides is 1. The molecule has 9 heteroatoms. The van der Waals surface area contributed by atoms with Gasteiger partial charge in [0.2, 0.25) is 15.9 Å². The summed E-state index contributed by atoms with van der Waals surface area (Å²) in [6, 6.07) is 5.00. The fourth-order valence-electron chi connectivity index (χ4n) is 4.26. The third kappa shape index (κ3) is 6.05. The number of hydrogen-bond donors (Lipinski definition) is 1. The second-order valence-electron chi connectivity index (χ2n) is 8.32. The lowest BCUT2D eigenvalue weighted by molar-refractivity contribution is -0.150. The lowest BCUT2D eigenvalue weighted by Gasteiger charge is -2.30. The van der Waals surface area contributed by atoms with Gasteiger partial charge in [-0.1, -0.05) is 12.5 Å². The van der Waals surface area contributed by atoms with E-state index >= 15 is 0 Å². The van der Waals surface area contributed by atoms with E-state index in [-0.39, 0.29) is 29.2 Å². The van der Waals surface area contributed by atoms with Crippen molar-refractivity contribution < 1.29 is 22.7 Å². The summed E-state index contributed by atoms with van der Waals surface area (Å²) in [4.78, 5) is 26.8. The molecule has 2 aliphatic rings. The van der Waals surface area contributed by atoms with Gasteiger partial charge in [-0.3, -0.25) is 14.5 Å². The van der Waals surface area contributed by atoms with Crippen LogP contribution in [0.5, 0.6) is 0 Å². The van der Waals surface area contributed by atoms with Crippen molar-refractivity contribution in [1.29, 1.82) is 0 Å². The van der Waals surface area contributed by atoms with E-state index in [4.69, 9.17) is 4.74 Å². The summed E-state index contributed by atoms with van der Waals surface area (Å²) < 4.78 is 32.8. The van der Waals surface area contributed by atoms with Gasteiger partial charge in [0.15, 0.2) is 0 Å². The second-order valence-corrected chi connectivity index (χ2v) is 10.2. The lowest BCUT2D eigenvalue weighted by Crippen LogP contribution is -2.43. The third-order valence-corrected chi connectivity index (χ3v) is 7.94. The highest BCUT2D eigenvalue weighted by atomic mass is 32.2. The summed E-state index contributed by atoms with van der Waals surface area (Å²) in [6.45, 7) is 6.37. The van der Waals surface area contributed by atoms with Gasteiger partial charge in [0.25, 0.3) is 0 Å². The predicted molar refractivity (Wildman–Crippen MR) is 118 cm³/mol. The number of piperidine rings is 2. The Kier molecular flexibility index (Phi) is 8.07. The van der Waals surface area contributed by atoms with E-state index in [1.54, 1.807) is 32.0 Å². The number of aryl methyl sites for hydroxylation is 1. The SMILES string of the molecule is CCOC(=O)C1CCCN(CC(=O)Nc2ccc(C)c(S(=O)(=O)N3CCCCC3)c2)C1. The molecular weight excluding hydrogens is 418 g/mol. The van der Waals surface area contributed by atoms with E-state index in [0.29, 0.717) is 37.5 Å². The van der Waals surface area contributed by atoms with Crippen LogP contribution in [0.4, 0.5) is 5.69 Å². The maximum atomic E-state index is 13.1. The maximum Gasteiger partial charge on any atom is 0.310 e. The van der Waals surface area contributed by atoms with E-state index in [2.05, 4.69) is 5.32 Å². The van der Waals surface area contributed by atoms with Gasteiger partial charge in [0.05, 0.1) is 24.0 Å². The summed E-state index contributed by atoms with van der Waals surface area (Å²) in [7, 11) is -3.58. The Morgan fingerprint density at radius 2 is 1.87 bits per heavy atom. The van der Waals surface area contributed by atoms with Gasteiger partial charge in [-0.15, -0.1) is 0 Å². The molecule has 0 saturated carbocycles. The number of nitrogens with one attached hydrogen (secondary N) is 1. The average molecular weight is 452 g/mol. The normalized spacial score (nSPS) is 20.9. The average Bonchev–Trinajstić information content (AvgIpc) is 2.76. The molecule has 0 bridgehead atoms. The number of esters is 1. The maximum absolute atomic E-state index is 13.1. The molecule has 31 heavy (non-hydrogen) atoms. The van der Waals surface area contributed by atoms with Crippen molar-refractivity contribution in [1.82, 2.24) is 9.21 Å². The zero-order valence-corrected chi connectivity index (χ0v) is 19.2. The van der Waals surface area contributed by atoms with Gasteiger partial charge in [0.1, 0.15) is 0 Å². The van der Waals surface area contributed by atoms with Crippen LogP contribution in [0.2, 0.25) is 0 Å². The smallest absolute Gasteiger partial charge is 0.310 e. The number of carbonyl (C=O) groups excluding carboxylic acids is 2. The number of nitrogens with zero attached hydrogens (tertiary/aromatic N) is 2. The molecule has 8 nitrogen and oxygen atoms in total. The number of amides is 1. The standard InChI is InChI=1S/C22H33N3O5S/c1-3-30-22(27)18-8-7-11-24(15-18)16-21(26)23-19-10-9-17(2)20(14-19)31(28,29)25-12-5-4-6-13-25/h9-10,14,18H,3-8,11-13,15-16H2,1-2H3,(H,23,26). The molecule has 2 aliphatic heterocycles. The van der Waals surface area contributed by atoms with Crippen molar-refractivity contribution in [3.05, 3.63) is 23.8 Å². The molecular formula is C22H33N3O5S. The van der Waals surface area contributed by atoms with Crippen LogP contribution in [0.3, 0.4) is 0 Å². The summed E-state index contributed by atoms with van der Waals surface area (Å²) in [5.41, 5.74) is 1.13. The van der Waals surface area contributed by atoms with Crippen molar-refractivity contribution in [2.75, 3.05) is 44.6 Å². The number of ether oxygens (including phenoxy) is 1. The minimum atomic E-state index is -3.58. The van der Waals surface area contributed by atoms with Crippen LogP contribution in [-0.2, 0) is 24.3 Å². The fraction of sp³-hybridized carbons (Fsp3) is 0.636. The topological polar surface area (TPSA) is 96.0 Å². The second kappa shape index (κ2) is 10.6. The highest BCUT2D eigenvalue weighted by molar-refractivity contribution is 7.89. The van der Waals surface area contributed by atoms with Crippen LogP contribution in [0.25, 0.3) is 0 Å². The molecule has 0 spiro atoms. The number of carbonyl (C=O) groups is 2. The predicted octanol–water partition coefficient (Wildman–Crippen LogP) is 2.38. The number of benzene rings is 1. The Labute approximate surface area is 185 Å². The van der Waals surface area contributed by atoms with Gasteiger partial charge < -0.3 is 10.1 Å². The number of anilines is 1. The number of rotatable bonds is 7. The Bertz CT molecular complexity index is 896. The number of likely N-dealkylation sites (tertiary alicyclic amines) is 1. The van der Waals surface area contributed by atoms with Gasteiger partial charge in [0, 0.05) is 25.3 Å². The van der Waals surface area contributed by atoms with Gasteiger partial charge in [-0.2, -0.15) is 4.31 Å². The minimum absolute atomic E-state index is 0.151. The fourth-order valence-corrected chi connectivity index (χ4v) is 6.02. The Hall–Kier alpha value is -1.97. The first-order chi connectivity index (χ1) is 14.8. The van der Waals surface area contributed by atoms with Crippen LogP contribution < -0.4 is 5.32 Å². The van der Waals surface area contributed by atoms with Crippen LogP contribution in [0.15, 0.2) is 23.1 Å². The quantitative estimate of drug-likeness (QED) is 0.640. The van der Waals surface area contributed by atoms with Gasteiger partial charge >= 0.3 is 5.97 Å². The first-order valence-electron chi connectivity index (χ1n) is 11.1. The lowest BCUT2D eigenvalue weighted by atomic mass is 9.98. The summed E-state index contributed by atoms with van der Waals surface area (Å²) in [5, 5.41) is 2.82. The van der Waals surface area contributed by atoms with Crippen molar-refractivity contribution in [3.8, 4) is 0 Å². The molecule has 2 saturated heterocycles. The summed E-state index contributed by atoms with van der Waals surface area (Å²) in [6.07, 6.45) is 4.40. The molecule has 0 aliphatic carbocycles. The first-order valence-corrected chi connectivity index (χ1v) is 12.5. The molecule has 1 atom stereocenters. The zero-order valence-electron chi connectivity index (χ0n) is 18.4. The van der Waals surface area contributed by atoms with Gasteiger partial charge in [-0.05, 0) is 63.8 Å². The van der Waals surface area contributed by atoms with Crippen molar-refractivity contribution >= 4 is 27.6 Å². The molecule has 2 heterocycles. The molecule has 1 aromatic carbocycles. The van der Waals surface area contributed by atoms with Crippen molar-refractivity contribution in [2.45, 2.75) is 50.8 Å². The Balaban J connectivity index is 1.64.